The van der Waals surface area contributed by atoms with Gasteiger partial charge in [0, 0.05) is 16.6 Å². The molecular formula is C19H21ClN2O3S. The Bertz CT molecular complexity index is 969. The van der Waals surface area contributed by atoms with Crippen molar-refractivity contribution in [3.8, 4) is 0 Å². The number of halogens is 1. The van der Waals surface area contributed by atoms with Gasteiger partial charge in [0.1, 0.15) is 0 Å². The summed E-state index contributed by atoms with van der Waals surface area (Å²) in [4.78, 5) is 12.9. The molecule has 7 heteroatoms. The summed E-state index contributed by atoms with van der Waals surface area (Å²) < 4.78 is 22.8. The molecule has 1 saturated carbocycles. The van der Waals surface area contributed by atoms with E-state index >= 15 is 0 Å². The number of aryl methyl sites for hydroxylation is 1. The molecule has 1 aliphatic rings. The first-order valence-electron chi connectivity index (χ1n) is 8.21. The molecule has 0 heterocycles. The van der Waals surface area contributed by atoms with E-state index in [9.17, 15) is 13.2 Å². The van der Waals surface area contributed by atoms with Crippen LogP contribution >= 0.6 is 11.6 Å². The number of sulfonamides is 1. The number of primary sulfonamides is 1. The van der Waals surface area contributed by atoms with Crippen LogP contribution in [0.25, 0.3) is 0 Å². The number of nitrogens with two attached hydrogens (primary N) is 1. The zero-order valence-corrected chi connectivity index (χ0v) is 16.4. The molecule has 138 valence electrons. The Balaban J connectivity index is 1.81. The summed E-state index contributed by atoms with van der Waals surface area (Å²) in [6, 6.07) is 11.8. The average Bonchev–Trinajstić information content (AvgIpc) is 3.12. The fourth-order valence-electron chi connectivity index (χ4n) is 3.55. The topological polar surface area (TPSA) is 89.3 Å². The molecule has 0 bridgehead atoms. The molecule has 1 fully saturated rings. The molecule has 5 nitrogen and oxygen atoms in total. The fraction of sp³-hybridized carbons (Fsp3) is 0.316. The predicted octanol–water partition coefficient (Wildman–Crippen LogP) is 3.67. The first kappa shape index (κ1) is 18.9. The first-order chi connectivity index (χ1) is 12.0. The lowest BCUT2D eigenvalue weighted by molar-refractivity contribution is -0.118. The lowest BCUT2D eigenvalue weighted by atomic mass is 10.0. The number of nitrogens with one attached hydrogen (secondary N) is 1. The minimum atomic E-state index is -3.72. The highest BCUT2D eigenvalue weighted by atomic mass is 35.5. The second-order valence-electron chi connectivity index (χ2n) is 7.34. The number of hydrogen-bond donors (Lipinski definition) is 2. The van der Waals surface area contributed by atoms with Crippen molar-refractivity contribution in [3.63, 3.8) is 0 Å². The smallest absolute Gasteiger partial charge is 0.238 e. The third kappa shape index (κ3) is 3.49. The Kier molecular flexibility index (Phi) is 4.63. The van der Waals surface area contributed by atoms with E-state index in [0.717, 1.165) is 11.1 Å². The van der Waals surface area contributed by atoms with Crippen molar-refractivity contribution >= 4 is 33.2 Å². The number of amides is 1. The highest BCUT2D eigenvalue weighted by Crippen LogP contribution is 2.64. The van der Waals surface area contributed by atoms with Crippen LogP contribution in [-0.4, -0.2) is 14.3 Å². The first-order valence-corrected chi connectivity index (χ1v) is 10.1. The molecule has 2 aromatic carbocycles. The number of rotatable bonds is 4. The van der Waals surface area contributed by atoms with Crippen molar-refractivity contribution in [2.45, 2.75) is 31.6 Å². The summed E-state index contributed by atoms with van der Waals surface area (Å²) >= 11 is 6.02. The van der Waals surface area contributed by atoms with E-state index in [0.29, 0.717) is 10.7 Å². The molecule has 0 aliphatic heterocycles. The fourth-order valence-corrected chi connectivity index (χ4v) is 4.24. The normalized spacial score (nSPS) is 21.3. The maximum Gasteiger partial charge on any atom is 0.238 e. The molecule has 0 spiro atoms. The molecule has 0 radical (unpaired) electrons. The maximum atomic E-state index is 12.8. The molecular weight excluding hydrogens is 372 g/mol. The van der Waals surface area contributed by atoms with Crippen LogP contribution in [0.2, 0.25) is 5.02 Å². The van der Waals surface area contributed by atoms with Gasteiger partial charge in [0.05, 0.1) is 10.8 Å². The highest BCUT2D eigenvalue weighted by Gasteiger charge is 2.62. The van der Waals surface area contributed by atoms with Gasteiger partial charge in [-0.1, -0.05) is 43.6 Å². The Morgan fingerprint density at radius 1 is 1.15 bits per heavy atom. The SMILES string of the molecule is Cc1ccc(Cl)cc1NC(=O)[C@H]1[C@H](c2ccc(S(N)(=O)=O)cc2)C1(C)C. The summed E-state index contributed by atoms with van der Waals surface area (Å²) in [6.45, 7) is 5.97. The van der Waals surface area contributed by atoms with Crippen LogP contribution in [0, 0.1) is 18.3 Å². The van der Waals surface area contributed by atoms with Gasteiger partial charge in [0.25, 0.3) is 0 Å². The Morgan fingerprint density at radius 3 is 2.35 bits per heavy atom. The van der Waals surface area contributed by atoms with Crippen LogP contribution in [0.5, 0.6) is 0 Å². The molecule has 0 unspecified atom stereocenters. The quantitative estimate of drug-likeness (QED) is 0.831. The number of hydrogen-bond acceptors (Lipinski definition) is 3. The van der Waals surface area contributed by atoms with Crippen molar-refractivity contribution in [1.29, 1.82) is 0 Å². The van der Waals surface area contributed by atoms with E-state index in [1.807, 2.05) is 26.8 Å². The second kappa shape index (κ2) is 6.37. The van der Waals surface area contributed by atoms with E-state index in [4.69, 9.17) is 16.7 Å². The number of benzene rings is 2. The van der Waals surface area contributed by atoms with Gasteiger partial charge in [-0.25, -0.2) is 13.6 Å². The lowest BCUT2D eigenvalue weighted by Crippen LogP contribution is -2.17. The Morgan fingerprint density at radius 2 is 1.77 bits per heavy atom. The van der Waals surface area contributed by atoms with E-state index in [-0.39, 0.29) is 28.1 Å². The maximum absolute atomic E-state index is 12.8. The average molecular weight is 393 g/mol. The molecule has 0 aromatic heterocycles. The summed E-state index contributed by atoms with van der Waals surface area (Å²) in [5, 5.41) is 8.67. The van der Waals surface area contributed by atoms with Crippen LogP contribution < -0.4 is 10.5 Å². The summed E-state index contributed by atoms with van der Waals surface area (Å²) in [5.74, 6) is -0.265. The van der Waals surface area contributed by atoms with Crippen molar-refractivity contribution < 1.29 is 13.2 Å². The largest absolute Gasteiger partial charge is 0.326 e. The highest BCUT2D eigenvalue weighted by molar-refractivity contribution is 7.89. The minimum Gasteiger partial charge on any atom is -0.326 e. The number of carbonyl (C=O) groups is 1. The molecule has 3 rings (SSSR count). The molecule has 2 atom stereocenters. The van der Waals surface area contributed by atoms with Crippen molar-refractivity contribution in [2.75, 3.05) is 5.32 Å². The zero-order valence-electron chi connectivity index (χ0n) is 14.8. The van der Waals surface area contributed by atoms with Gasteiger partial charge in [-0.05, 0) is 47.7 Å². The molecule has 0 saturated heterocycles. The van der Waals surface area contributed by atoms with Gasteiger partial charge in [0.15, 0.2) is 0 Å². The van der Waals surface area contributed by atoms with Crippen LogP contribution in [0.4, 0.5) is 5.69 Å². The van der Waals surface area contributed by atoms with E-state index in [2.05, 4.69) is 5.32 Å². The van der Waals surface area contributed by atoms with Gasteiger partial charge in [0.2, 0.25) is 15.9 Å². The predicted molar refractivity (Wildman–Crippen MR) is 103 cm³/mol. The van der Waals surface area contributed by atoms with Crippen LogP contribution in [0.15, 0.2) is 47.4 Å². The van der Waals surface area contributed by atoms with Crippen molar-refractivity contribution in [1.82, 2.24) is 0 Å². The Labute approximate surface area is 158 Å². The minimum absolute atomic E-state index is 0.0107. The van der Waals surface area contributed by atoms with Crippen LogP contribution in [-0.2, 0) is 14.8 Å². The van der Waals surface area contributed by atoms with E-state index in [1.165, 1.54) is 12.1 Å². The third-order valence-electron chi connectivity index (χ3n) is 5.14. The molecule has 1 amide bonds. The second-order valence-corrected chi connectivity index (χ2v) is 9.34. The molecule has 2 aromatic rings. The van der Waals surface area contributed by atoms with Gasteiger partial charge in [-0.2, -0.15) is 0 Å². The monoisotopic (exact) mass is 392 g/mol. The van der Waals surface area contributed by atoms with E-state index < -0.39 is 10.0 Å². The van der Waals surface area contributed by atoms with Crippen LogP contribution in [0.3, 0.4) is 0 Å². The third-order valence-corrected chi connectivity index (χ3v) is 6.30. The van der Waals surface area contributed by atoms with Crippen molar-refractivity contribution in [3.05, 3.63) is 58.6 Å². The zero-order chi connectivity index (χ0) is 19.3. The van der Waals surface area contributed by atoms with Gasteiger partial charge < -0.3 is 5.32 Å². The van der Waals surface area contributed by atoms with Gasteiger partial charge >= 0.3 is 0 Å². The number of anilines is 1. The number of carbonyl (C=O) groups excluding carboxylic acids is 1. The summed E-state index contributed by atoms with van der Waals surface area (Å²) in [5.41, 5.74) is 2.34. The lowest BCUT2D eigenvalue weighted by Gasteiger charge is -2.09. The summed E-state index contributed by atoms with van der Waals surface area (Å²) in [6.07, 6.45) is 0. The van der Waals surface area contributed by atoms with Crippen LogP contribution in [0.1, 0.15) is 30.9 Å². The Hall–Kier alpha value is -1.89. The van der Waals surface area contributed by atoms with E-state index in [1.54, 1.807) is 24.3 Å². The summed E-state index contributed by atoms with van der Waals surface area (Å²) in [7, 11) is -3.72. The van der Waals surface area contributed by atoms with Crippen molar-refractivity contribution in [2.24, 2.45) is 16.5 Å². The molecule has 26 heavy (non-hydrogen) atoms. The van der Waals surface area contributed by atoms with Gasteiger partial charge in [-0.3, -0.25) is 4.79 Å². The standard InChI is InChI=1S/C19H21ClN2O3S/c1-11-4-7-13(20)10-15(11)22-18(23)17-16(19(17,2)3)12-5-8-14(9-6-12)26(21,24)25/h4-10,16-17H,1-3H3,(H,22,23)(H2,21,24,25)/t16-,17+/m0/s1. The van der Waals surface area contributed by atoms with Gasteiger partial charge in [-0.15, -0.1) is 0 Å². The molecule has 1 aliphatic carbocycles. The molecule has 3 N–H and O–H groups in total.